The number of benzene rings is 7. The second kappa shape index (κ2) is 11.4. The van der Waals surface area contributed by atoms with Crippen molar-refractivity contribution in [3.05, 3.63) is 157 Å². The van der Waals surface area contributed by atoms with Crippen LogP contribution in [0.2, 0.25) is 0 Å². The molecule has 0 N–H and O–H groups in total. The Morgan fingerprint density at radius 1 is 0.481 bits per heavy atom. The fraction of sp³-hybridized carbons (Fsp3) is 0.0408. The van der Waals surface area contributed by atoms with Crippen molar-refractivity contribution in [1.29, 1.82) is 0 Å². The van der Waals surface area contributed by atoms with E-state index < -0.39 is 0 Å². The van der Waals surface area contributed by atoms with Gasteiger partial charge in [0.1, 0.15) is 11.3 Å². The maximum atomic E-state index is 6.40. The van der Waals surface area contributed by atoms with Crippen LogP contribution in [-0.4, -0.2) is 15.0 Å². The highest BCUT2D eigenvalue weighted by molar-refractivity contribution is 7.25. The van der Waals surface area contributed by atoms with Crippen molar-refractivity contribution >= 4 is 59.3 Å². The average molecular weight is 708 g/mol. The molecule has 3 heterocycles. The van der Waals surface area contributed by atoms with Gasteiger partial charge in [0.2, 0.25) is 0 Å². The van der Waals surface area contributed by atoms with Gasteiger partial charge >= 0.3 is 0 Å². The number of nitrogens with zero attached hydrogens (tertiary/aromatic N) is 3. The zero-order valence-electron chi connectivity index (χ0n) is 29.0. The zero-order valence-corrected chi connectivity index (χ0v) is 29.8. The lowest BCUT2D eigenvalue weighted by atomic mass is 9.92. The van der Waals surface area contributed by atoms with Gasteiger partial charge in [0, 0.05) is 54.2 Å². The molecule has 54 heavy (non-hydrogen) atoms. The van der Waals surface area contributed by atoms with Gasteiger partial charge in [-0.05, 0) is 74.8 Å². The summed E-state index contributed by atoms with van der Waals surface area (Å²) in [5.41, 5.74) is 12.1. The molecule has 252 valence electrons. The van der Waals surface area contributed by atoms with Crippen LogP contribution in [0, 0.1) is 0 Å². The van der Waals surface area contributed by atoms with Crippen molar-refractivity contribution < 1.29 is 4.42 Å². The fourth-order valence-electron chi connectivity index (χ4n) is 8.69. The molecular formula is C49H29N3OS. The molecule has 2 aliphatic rings. The van der Waals surface area contributed by atoms with E-state index in [0.29, 0.717) is 17.5 Å². The van der Waals surface area contributed by atoms with Gasteiger partial charge in [0.25, 0.3) is 0 Å². The largest absolute Gasteiger partial charge is 0.460 e. The second-order valence-corrected chi connectivity index (χ2v) is 15.3. The van der Waals surface area contributed by atoms with Crippen LogP contribution < -0.4 is 0 Å². The van der Waals surface area contributed by atoms with Crippen molar-refractivity contribution in [2.24, 2.45) is 0 Å². The summed E-state index contributed by atoms with van der Waals surface area (Å²) in [4.78, 5) is 15.8. The minimum atomic E-state index is 0.637. The maximum absolute atomic E-state index is 6.40. The molecule has 7 aromatic carbocycles. The van der Waals surface area contributed by atoms with E-state index in [2.05, 4.69) is 152 Å². The molecule has 5 heteroatoms. The number of allylic oxidation sites excluding steroid dienone is 1. The molecule has 2 aliphatic carbocycles. The molecule has 3 aromatic heterocycles. The molecule has 0 aliphatic heterocycles. The number of rotatable bonds is 4. The van der Waals surface area contributed by atoms with Gasteiger partial charge in [-0.3, -0.25) is 0 Å². The van der Waals surface area contributed by atoms with Gasteiger partial charge in [-0.15, -0.1) is 11.3 Å². The first-order valence-electron chi connectivity index (χ1n) is 18.4. The number of thiophene rings is 1. The van der Waals surface area contributed by atoms with Gasteiger partial charge < -0.3 is 4.42 Å². The van der Waals surface area contributed by atoms with E-state index >= 15 is 0 Å². The number of hydrogen-bond donors (Lipinski definition) is 0. The number of aromatic nitrogens is 3. The number of aryl methyl sites for hydroxylation is 1. The zero-order chi connectivity index (χ0) is 35.3. The first kappa shape index (κ1) is 29.8. The monoisotopic (exact) mass is 707 g/mol. The van der Waals surface area contributed by atoms with Crippen LogP contribution in [0.4, 0.5) is 0 Å². The fourth-order valence-corrected chi connectivity index (χ4v) is 9.83. The summed E-state index contributed by atoms with van der Waals surface area (Å²) in [6, 6.07) is 49.8. The number of hydrogen-bond acceptors (Lipinski definition) is 5. The SMILES string of the molecule is C1=Cc2c(oc3cccc(-c4ccccc4-c4nc(-c5ccc6c(c5)-c5cccc7cccc-6c57)nc(-c5ccc6c(c5)sc5ccccc56)n4)c23)CC1. The standard InChI is InChI=1S/C49H29N3OS/c1-2-14-38(31(12-1)36-18-9-20-42-46(36)39-15-3-5-19-41(39)53-42)49-51-47(29-22-24-32-35-16-7-10-28-11-8-17-37(45(28)35)40(32)26-29)50-48(52-49)30-23-25-34-33-13-4-6-21-43(33)54-44(34)27-30/h1-4,6-18,20-27H,5,19H2. The quantitative estimate of drug-likeness (QED) is 0.183. The summed E-state index contributed by atoms with van der Waals surface area (Å²) in [5.74, 6) is 2.98. The first-order chi connectivity index (χ1) is 26.7. The Hall–Kier alpha value is -6.69. The Bertz CT molecular complexity index is 3230. The molecule has 0 bridgehead atoms. The van der Waals surface area contributed by atoms with Crippen LogP contribution in [-0.2, 0) is 6.42 Å². The summed E-state index contributed by atoms with van der Waals surface area (Å²) in [5, 5.41) is 6.21. The minimum absolute atomic E-state index is 0.637. The van der Waals surface area contributed by atoms with Crippen molar-refractivity contribution in [1.82, 2.24) is 15.0 Å². The highest BCUT2D eigenvalue weighted by Crippen LogP contribution is 2.48. The summed E-state index contributed by atoms with van der Waals surface area (Å²) < 4.78 is 8.88. The summed E-state index contributed by atoms with van der Waals surface area (Å²) >= 11 is 1.80. The highest BCUT2D eigenvalue weighted by Gasteiger charge is 2.24. The third-order valence-electron chi connectivity index (χ3n) is 11.1. The lowest BCUT2D eigenvalue weighted by Crippen LogP contribution is -2.01. The lowest BCUT2D eigenvalue weighted by Gasteiger charge is -2.14. The van der Waals surface area contributed by atoms with Crippen molar-refractivity contribution in [2.75, 3.05) is 0 Å². The van der Waals surface area contributed by atoms with E-state index in [-0.39, 0.29) is 0 Å². The van der Waals surface area contributed by atoms with E-state index in [9.17, 15) is 0 Å². The van der Waals surface area contributed by atoms with Crippen molar-refractivity contribution in [3.8, 4) is 67.5 Å². The van der Waals surface area contributed by atoms with Crippen LogP contribution in [0.1, 0.15) is 17.7 Å². The number of fused-ring (bicyclic) bond motifs is 9. The average Bonchev–Trinajstić information content (AvgIpc) is 3.91. The maximum Gasteiger partial charge on any atom is 0.164 e. The highest BCUT2D eigenvalue weighted by atomic mass is 32.1. The van der Waals surface area contributed by atoms with Gasteiger partial charge in [-0.2, -0.15) is 0 Å². The van der Waals surface area contributed by atoms with Crippen molar-refractivity contribution in [3.63, 3.8) is 0 Å². The molecule has 0 unspecified atom stereocenters. The van der Waals surface area contributed by atoms with Crippen LogP contribution in [0.15, 0.2) is 150 Å². The van der Waals surface area contributed by atoms with Crippen LogP contribution in [0.25, 0.3) is 116 Å². The van der Waals surface area contributed by atoms with Gasteiger partial charge in [-0.25, -0.2) is 15.0 Å². The Morgan fingerprint density at radius 3 is 2.00 bits per heavy atom. The Balaban J connectivity index is 1.08. The van der Waals surface area contributed by atoms with Gasteiger partial charge in [0.15, 0.2) is 17.5 Å². The van der Waals surface area contributed by atoms with E-state index in [1.54, 1.807) is 11.3 Å². The Morgan fingerprint density at radius 2 is 1.13 bits per heavy atom. The third kappa shape index (κ3) is 4.39. The smallest absolute Gasteiger partial charge is 0.164 e. The van der Waals surface area contributed by atoms with Gasteiger partial charge in [-0.1, -0.05) is 127 Å². The van der Waals surface area contributed by atoms with E-state index in [1.807, 2.05) is 0 Å². The molecule has 0 fully saturated rings. The molecular weight excluding hydrogens is 679 g/mol. The third-order valence-corrected chi connectivity index (χ3v) is 12.3. The van der Waals surface area contributed by atoms with Crippen LogP contribution in [0.5, 0.6) is 0 Å². The number of furan rings is 1. The molecule has 0 spiro atoms. The van der Waals surface area contributed by atoms with E-state index in [0.717, 1.165) is 57.4 Å². The van der Waals surface area contributed by atoms with Crippen molar-refractivity contribution in [2.45, 2.75) is 12.8 Å². The molecule has 0 saturated heterocycles. The lowest BCUT2D eigenvalue weighted by molar-refractivity contribution is 0.546. The minimum Gasteiger partial charge on any atom is -0.460 e. The summed E-state index contributed by atoms with van der Waals surface area (Å²) in [6.45, 7) is 0. The Labute approximate surface area is 314 Å². The molecule has 0 atom stereocenters. The molecule has 12 rings (SSSR count). The predicted octanol–water partition coefficient (Wildman–Crippen LogP) is 13.4. The summed E-state index contributed by atoms with van der Waals surface area (Å²) in [6.07, 6.45) is 6.36. The van der Waals surface area contributed by atoms with E-state index in [4.69, 9.17) is 19.4 Å². The molecule has 0 radical (unpaired) electrons. The van der Waals surface area contributed by atoms with E-state index in [1.165, 1.54) is 58.8 Å². The predicted molar refractivity (Wildman–Crippen MR) is 224 cm³/mol. The first-order valence-corrected chi connectivity index (χ1v) is 19.2. The summed E-state index contributed by atoms with van der Waals surface area (Å²) in [7, 11) is 0. The normalized spacial score (nSPS) is 13.0. The topological polar surface area (TPSA) is 51.8 Å². The molecule has 0 saturated carbocycles. The second-order valence-electron chi connectivity index (χ2n) is 14.2. The van der Waals surface area contributed by atoms with Crippen LogP contribution in [0.3, 0.4) is 0 Å². The van der Waals surface area contributed by atoms with Gasteiger partial charge in [0.05, 0.1) is 0 Å². The molecule has 10 aromatic rings. The molecule has 0 amide bonds. The Kier molecular flexibility index (Phi) is 6.30. The molecule has 4 nitrogen and oxygen atoms in total. The van der Waals surface area contributed by atoms with Crippen LogP contribution >= 0.6 is 11.3 Å².